The van der Waals surface area contributed by atoms with Gasteiger partial charge in [-0.25, -0.2) is 19.3 Å². The molecule has 0 aliphatic carbocycles. The van der Waals surface area contributed by atoms with E-state index in [0.29, 0.717) is 6.20 Å². The zero-order valence-electron chi connectivity index (χ0n) is 14.8. The van der Waals surface area contributed by atoms with Gasteiger partial charge in [0.25, 0.3) is 0 Å². The second kappa shape index (κ2) is 7.18. The van der Waals surface area contributed by atoms with Crippen molar-refractivity contribution in [3.05, 3.63) is 35.2 Å². The summed E-state index contributed by atoms with van der Waals surface area (Å²) in [7, 11) is 0. The highest BCUT2D eigenvalue weighted by molar-refractivity contribution is 5.89. The number of aromatic carboxylic acids is 1. The third-order valence-corrected chi connectivity index (χ3v) is 3.11. The minimum absolute atomic E-state index is 0.145. The van der Waals surface area contributed by atoms with Crippen LogP contribution < -0.4 is 5.32 Å². The van der Waals surface area contributed by atoms with Crippen molar-refractivity contribution in [3.8, 4) is 11.9 Å². The molecule has 148 valence electrons. The Bertz CT molecular complexity index is 970. The molecular weight excluding hydrogens is 383 g/mol. The molecule has 0 radical (unpaired) electrons. The first-order valence-electron chi connectivity index (χ1n) is 7.63. The van der Waals surface area contributed by atoms with Crippen molar-refractivity contribution in [2.24, 2.45) is 0 Å². The fourth-order valence-electron chi connectivity index (χ4n) is 2.10. The molecule has 0 aromatic carbocycles. The summed E-state index contributed by atoms with van der Waals surface area (Å²) < 4.78 is 45.3. The third kappa shape index (κ3) is 4.56. The highest BCUT2D eigenvalue weighted by Gasteiger charge is 2.41. The normalized spacial score (nSPS) is 11.6. The first-order chi connectivity index (χ1) is 12.8. The van der Waals surface area contributed by atoms with Crippen LogP contribution in [0.1, 0.15) is 42.4 Å². The van der Waals surface area contributed by atoms with E-state index >= 15 is 0 Å². The van der Waals surface area contributed by atoms with Crippen molar-refractivity contribution in [3.63, 3.8) is 0 Å². The zero-order valence-corrected chi connectivity index (χ0v) is 14.8. The number of amides is 1. The number of carboxylic acids is 1. The van der Waals surface area contributed by atoms with Gasteiger partial charge in [-0.05, 0) is 32.9 Å². The number of pyridine rings is 1. The van der Waals surface area contributed by atoms with Gasteiger partial charge in [-0.15, -0.1) is 0 Å². The Balaban J connectivity index is 2.54. The van der Waals surface area contributed by atoms with Gasteiger partial charge in [-0.3, -0.25) is 5.32 Å². The number of hydrogen-bond acceptors (Lipinski definition) is 6. The molecule has 0 aliphatic rings. The van der Waals surface area contributed by atoms with Crippen LogP contribution in [0.4, 0.5) is 23.8 Å². The molecule has 0 bridgehead atoms. The maximum Gasteiger partial charge on any atom is 0.434 e. The number of rotatable bonds is 3. The lowest BCUT2D eigenvalue weighted by atomic mass is 10.2. The maximum atomic E-state index is 13.3. The van der Waals surface area contributed by atoms with Crippen LogP contribution in [0.25, 0.3) is 5.82 Å². The number of nitrogens with one attached hydrogen (secondary N) is 1. The molecule has 0 saturated heterocycles. The number of carbonyl (C=O) groups is 2. The molecule has 0 atom stereocenters. The standard InChI is InChI=1S/C16H14F3N5O4/c1-15(2,3)28-14(27)23-12-8(6-20)4-5-10(22-12)24-11(16(17,18)19)9(7-21-24)13(25)26/h4-5,7H,1-3H3,(H,25,26)(H,22,23,27). The molecule has 0 spiro atoms. The monoisotopic (exact) mass is 397 g/mol. The van der Waals surface area contributed by atoms with Gasteiger partial charge < -0.3 is 9.84 Å². The fourth-order valence-corrected chi connectivity index (χ4v) is 2.10. The number of alkyl halides is 3. The molecule has 0 aliphatic heterocycles. The van der Waals surface area contributed by atoms with Gasteiger partial charge in [0.2, 0.25) is 0 Å². The van der Waals surface area contributed by atoms with Gasteiger partial charge in [0.15, 0.2) is 17.3 Å². The van der Waals surface area contributed by atoms with E-state index in [0.717, 1.165) is 12.1 Å². The molecule has 2 heterocycles. The molecular formula is C16H14F3N5O4. The van der Waals surface area contributed by atoms with Gasteiger partial charge in [-0.1, -0.05) is 0 Å². The number of anilines is 1. The first kappa shape index (κ1) is 20.7. The predicted molar refractivity (Wildman–Crippen MR) is 87.9 cm³/mol. The van der Waals surface area contributed by atoms with Crippen molar-refractivity contribution in [1.29, 1.82) is 5.26 Å². The molecule has 2 rings (SSSR count). The summed E-state index contributed by atoms with van der Waals surface area (Å²) in [4.78, 5) is 26.8. The van der Waals surface area contributed by atoms with Gasteiger partial charge in [0, 0.05) is 0 Å². The van der Waals surface area contributed by atoms with Gasteiger partial charge in [0.1, 0.15) is 17.2 Å². The SMILES string of the molecule is CC(C)(C)OC(=O)Nc1nc(-n2ncc(C(=O)O)c2C(F)(F)F)ccc1C#N. The zero-order chi connectivity index (χ0) is 21.3. The highest BCUT2D eigenvalue weighted by atomic mass is 19.4. The molecule has 28 heavy (non-hydrogen) atoms. The number of carboxylic acid groups (broad SMARTS) is 1. The predicted octanol–water partition coefficient (Wildman–Crippen LogP) is 3.20. The van der Waals surface area contributed by atoms with Crippen LogP contribution in [0.3, 0.4) is 0 Å². The first-order valence-corrected chi connectivity index (χ1v) is 7.63. The van der Waals surface area contributed by atoms with Crippen molar-refractivity contribution in [1.82, 2.24) is 14.8 Å². The van der Waals surface area contributed by atoms with Gasteiger partial charge in [0.05, 0.1) is 11.8 Å². The van der Waals surface area contributed by atoms with E-state index in [1.54, 1.807) is 26.8 Å². The summed E-state index contributed by atoms with van der Waals surface area (Å²) >= 11 is 0. The number of nitriles is 1. The summed E-state index contributed by atoms with van der Waals surface area (Å²) in [5.74, 6) is -2.64. The largest absolute Gasteiger partial charge is 0.478 e. The van der Waals surface area contributed by atoms with E-state index in [9.17, 15) is 22.8 Å². The Labute approximate surface area is 156 Å². The Hall–Kier alpha value is -3.62. The summed E-state index contributed by atoms with van der Waals surface area (Å²) in [6, 6.07) is 3.87. The van der Waals surface area contributed by atoms with Crippen LogP contribution in [0.5, 0.6) is 0 Å². The van der Waals surface area contributed by atoms with E-state index in [1.807, 2.05) is 0 Å². The van der Waals surface area contributed by atoms with Crippen LogP contribution in [0.2, 0.25) is 0 Å². The second-order valence-corrected chi connectivity index (χ2v) is 6.43. The van der Waals surface area contributed by atoms with Crippen LogP contribution >= 0.6 is 0 Å². The lowest BCUT2D eigenvalue weighted by Crippen LogP contribution is -2.28. The summed E-state index contributed by atoms with van der Waals surface area (Å²) in [5.41, 5.74) is -3.63. The third-order valence-electron chi connectivity index (χ3n) is 3.11. The molecule has 0 saturated carbocycles. The van der Waals surface area contributed by atoms with E-state index in [2.05, 4.69) is 15.4 Å². The molecule has 0 fully saturated rings. The molecule has 12 heteroatoms. The molecule has 9 nitrogen and oxygen atoms in total. The number of halogens is 3. The van der Waals surface area contributed by atoms with E-state index < -0.39 is 40.9 Å². The molecule has 2 aromatic rings. The average Bonchev–Trinajstić information content (AvgIpc) is 2.98. The van der Waals surface area contributed by atoms with Gasteiger partial charge >= 0.3 is 18.2 Å². The van der Waals surface area contributed by atoms with Crippen molar-refractivity contribution < 1.29 is 32.6 Å². The highest BCUT2D eigenvalue weighted by Crippen LogP contribution is 2.33. The van der Waals surface area contributed by atoms with Crippen LogP contribution in [-0.4, -0.2) is 37.5 Å². The summed E-state index contributed by atoms with van der Waals surface area (Å²) in [6.45, 7) is 4.78. The van der Waals surface area contributed by atoms with E-state index in [4.69, 9.17) is 15.1 Å². The Morgan fingerprint density at radius 2 is 1.93 bits per heavy atom. The number of ether oxygens (including phenoxy) is 1. The quantitative estimate of drug-likeness (QED) is 0.813. The Morgan fingerprint density at radius 3 is 2.43 bits per heavy atom. The van der Waals surface area contributed by atoms with Crippen LogP contribution in [-0.2, 0) is 10.9 Å². The number of carbonyl (C=O) groups excluding carboxylic acids is 1. The lowest BCUT2D eigenvalue weighted by Gasteiger charge is -2.20. The smallest absolute Gasteiger partial charge is 0.434 e. The lowest BCUT2D eigenvalue weighted by molar-refractivity contribution is -0.143. The van der Waals surface area contributed by atoms with Gasteiger partial charge in [-0.2, -0.15) is 23.5 Å². The molecule has 0 unspecified atom stereocenters. The van der Waals surface area contributed by atoms with E-state index in [-0.39, 0.29) is 16.1 Å². The minimum Gasteiger partial charge on any atom is -0.478 e. The average molecular weight is 397 g/mol. The van der Waals surface area contributed by atoms with E-state index in [1.165, 1.54) is 0 Å². The topological polar surface area (TPSA) is 130 Å². The minimum atomic E-state index is -5.04. The number of nitrogens with zero attached hydrogens (tertiary/aromatic N) is 4. The Morgan fingerprint density at radius 1 is 1.29 bits per heavy atom. The Kier molecular flexibility index (Phi) is 5.31. The maximum absolute atomic E-state index is 13.3. The number of aromatic nitrogens is 3. The van der Waals surface area contributed by atoms with Crippen molar-refractivity contribution >= 4 is 17.9 Å². The second-order valence-electron chi connectivity index (χ2n) is 6.43. The number of hydrogen-bond donors (Lipinski definition) is 2. The molecule has 2 aromatic heterocycles. The molecule has 1 amide bonds. The van der Waals surface area contributed by atoms with Crippen LogP contribution in [0.15, 0.2) is 18.3 Å². The fraction of sp³-hybridized carbons (Fsp3) is 0.312. The van der Waals surface area contributed by atoms with Crippen molar-refractivity contribution in [2.75, 3.05) is 5.32 Å². The summed E-state index contributed by atoms with van der Waals surface area (Å²) in [6.07, 6.45) is -5.48. The summed E-state index contributed by atoms with van der Waals surface area (Å²) in [5, 5.41) is 23.7. The van der Waals surface area contributed by atoms with Crippen molar-refractivity contribution in [2.45, 2.75) is 32.5 Å². The molecule has 2 N–H and O–H groups in total. The van der Waals surface area contributed by atoms with Crippen LogP contribution in [0, 0.1) is 11.3 Å².